The molecule has 0 bridgehead atoms. The van der Waals surface area contributed by atoms with Crippen molar-refractivity contribution in [3.05, 3.63) is 95.4 Å². The van der Waals surface area contributed by atoms with Crippen molar-refractivity contribution in [2.24, 2.45) is 0 Å². The van der Waals surface area contributed by atoms with Gasteiger partial charge < -0.3 is 15.7 Å². The summed E-state index contributed by atoms with van der Waals surface area (Å²) in [5.74, 6) is -0.588. The number of carbonyl (C=O) groups is 2. The molecular formula is C25H22F3N6O4+. The summed E-state index contributed by atoms with van der Waals surface area (Å²) in [5.41, 5.74) is 0.564. The number of halogens is 3. The zero-order valence-electron chi connectivity index (χ0n) is 19.7. The zero-order chi connectivity index (χ0) is 27.1. The van der Waals surface area contributed by atoms with Gasteiger partial charge in [-0.3, -0.25) is 19.6 Å². The van der Waals surface area contributed by atoms with E-state index in [9.17, 15) is 22.8 Å². The quantitative estimate of drug-likeness (QED) is 0.258. The number of hydrogen-bond donors (Lipinski definition) is 4. The number of pyridine rings is 1. The predicted molar refractivity (Wildman–Crippen MR) is 129 cm³/mol. The van der Waals surface area contributed by atoms with Gasteiger partial charge in [0.25, 0.3) is 6.20 Å². The van der Waals surface area contributed by atoms with E-state index in [1.165, 1.54) is 23.1 Å². The minimum Gasteiger partial charge on any atom is -0.392 e. The van der Waals surface area contributed by atoms with Gasteiger partial charge in [0.15, 0.2) is 0 Å². The molecule has 4 rings (SSSR count). The summed E-state index contributed by atoms with van der Waals surface area (Å²) < 4.78 is 46.8. The number of benzene rings is 2. The molecule has 196 valence electrons. The number of rotatable bonds is 8. The maximum Gasteiger partial charge on any atom is 0.416 e. The molecule has 4 aromatic rings. The first-order valence-corrected chi connectivity index (χ1v) is 11.2. The Morgan fingerprint density at radius 1 is 0.947 bits per heavy atom. The van der Waals surface area contributed by atoms with E-state index in [1.54, 1.807) is 42.5 Å². The SMILES string of the molecule is O=C(Cc1ccccc1)Nc1cc(NC(=O)Nc2c[n+](Cc3ccc(CO)cn3)no2)cc(C(F)(F)F)c1. The first-order valence-electron chi connectivity index (χ1n) is 11.2. The van der Waals surface area contributed by atoms with Crippen molar-refractivity contribution in [2.45, 2.75) is 25.7 Å². The number of urea groups is 1. The van der Waals surface area contributed by atoms with Crippen LogP contribution in [-0.4, -0.2) is 27.3 Å². The Kier molecular flexibility index (Phi) is 7.97. The standard InChI is InChI=1S/C25H21F3N6O4/c26-25(27,28)18-9-20(30-22(36)8-16-4-2-1-3-5-16)11-21(10-18)31-24(37)32-23-14-34(33-38-23)13-19-7-6-17(15-35)12-29-19/h1-7,9-12,14,35H,8,13,15H2,(H2-,30,31,32,33,36,37)/p+1. The second-order valence-electron chi connectivity index (χ2n) is 8.17. The fourth-order valence-corrected chi connectivity index (χ4v) is 3.41. The van der Waals surface area contributed by atoms with Crippen LogP contribution < -0.4 is 20.6 Å². The first-order chi connectivity index (χ1) is 18.2. The summed E-state index contributed by atoms with van der Waals surface area (Å²) >= 11 is 0. The number of nitrogens with one attached hydrogen (secondary N) is 3. The molecule has 0 aliphatic carbocycles. The number of hydrogen-bond acceptors (Lipinski definition) is 6. The Morgan fingerprint density at radius 3 is 2.34 bits per heavy atom. The van der Waals surface area contributed by atoms with Crippen molar-refractivity contribution in [3.63, 3.8) is 0 Å². The lowest BCUT2D eigenvalue weighted by Gasteiger charge is -2.14. The maximum absolute atomic E-state index is 13.5. The van der Waals surface area contributed by atoms with Gasteiger partial charge in [-0.1, -0.05) is 36.4 Å². The molecule has 0 radical (unpaired) electrons. The van der Waals surface area contributed by atoms with Crippen molar-refractivity contribution >= 4 is 29.2 Å². The second-order valence-corrected chi connectivity index (χ2v) is 8.17. The Hall–Kier alpha value is -4.78. The highest BCUT2D eigenvalue weighted by Gasteiger charge is 2.31. The third-order valence-electron chi connectivity index (χ3n) is 5.15. The van der Waals surface area contributed by atoms with Crippen LogP contribution in [0.1, 0.15) is 22.4 Å². The number of nitrogens with zero attached hydrogens (tertiary/aromatic N) is 3. The van der Waals surface area contributed by atoms with E-state index < -0.39 is 23.7 Å². The highest BCUT2D eigenvalue weighted by molar-refractivity contribution is 6.00. The minimum atomic E-state index is -4.72. The number of anilines is 3. The predicted octanol–water partition coefficient (Wildman–Crippen LogP) is 3.74. The van der Waals surface area contributed by atoms with Gasteiger partial charge in [0, 0.05) is 17.6 Å². The van der Waals surface area contributed by atoms with Crippen LogP contribution in [0.25, 0.3) is 0 Å². The molecule has 2 heterocycles. The number of amides is 3. The number of aliphatic hydroxyl groups excluding tert-OH is 1. The summed E-state index contributed by atoms with van der Waals surface area (Å²) in [6, 6.07) is 14.0. The van der Waals surface area contributed by atoms with Gasteiger partial charge in [-0.2, -0.15) is 13.2 Å². The smallest absolute Gasteiger partial charge is 0.392 e. The number of aromatic nitrogens is 3. The molecule has 0 unspecified atom stereocenters. The Morgan fingerprint density at radius 2 is 1.68 bits per heavy atom. The van der Waals surface area contributed by atoms with Crippen LogP contribution in [0.2, 0.25) is 0 Å². The zero-order valence-corrected chi connectivity index (χ0v) is 19.7. The molecule has 0 aliphatic rings. The van der Waals surface area contributed by atoms with E-state index in [0.717, 1.165) is 12.1 Å². The molecule has 2 aromatic carbocycles. The molecule has 0 spiro atoms. The van der Waals surface area contributed by atoms with Crippen molar-refractivity contribution in [2.75, 3.05) is 16.0 Å². The Bertz CT molecular complexity index is 1410. The van der Waals surface area contributed by atoms with E-state index in [4.69, 9.17) is 9.63 Å². The van der Waals surface area contributed by atoms with E-state index in [2.05, 4.69) is 26.2 Å². The molecule has 10 nitrogen and oxygen atoms in total. The van der Waals surface area contributed by atoms with Crippen LogP contribution in [0.4, 0.5) is 35.2 Å². The van der Waals surface area contributed by atoms with Gasteiger partial charge in [0.2, 0.25) is 17.7 Å². The lowest BCUT2D eigenvalue weighted by Crippen LogP contribution is -2.35. The van der Waals surface area contributed by atoms with E-state index in [-0.39, 0.29) is 36.8 Å². The topological polar surface area (TPSA) is 133 Å². The van der Waals surface area contributed by atoms with Crippen LogP contribution in [0.5, 0.6) is 0 Å². The summed E-state index contributed by atoms with van der Waals surface area (Å²) in [4.78, 5) is 29.0. The fraction of sp³-hybridized carbons (Fsp3) is 0.160. The molecular weight excluding hydrogens is 505 g/mol. The molecule has 0 aliphatic heterocycles. The molecule has 0 fully saturated rings. The summed E-state index contributed by atoms with van der Waals surface area (Å²) in [6.45, 7) is 0.0686. The van der Waals surface area contributed by atoms with Crippen molar-refractivity contribution in [1.82, 2.24) is 10.3 Å². The highest BCUT2D eigenvalue weighted by Crippen LogP contribution is 2.33. The lowest BCUT2D eigenvalue weighted by atomic mass is 10.1. The normalized spacial score (nSPS) is 11.2. The molecule has 0 atom stereocenters. The van der Waals surface area contributed by atoms with Gasteiger partial charge in [-0.25, -0.2) is 4.79 Å². The van der Waals surface area contributed by atoms with Gasteiger partial charge in [0.05, 0.1) is 18.6 Å². The highest BCUT2D eigenvalue weighted by atomic mass is 19.4. The van der Waals surface area contributed by atoms with Crippen LogP contribution in [0, 0.1) is 0 Å². The van der Waals surface area contributed by atoms with Crippen LogP contribution in [0.15, 0.2) is 77.6 Å². The van der Waals surface area contributed by atoms with Gasteiger partial charge >= 0.3 is 18.1 Å². The number of alkyl halides is 3. The van der Waals surface area contributed by atoms with Gasteiger partial charge in [-0.15, -0.1) is 0 Å². The second kappa shape index (κ2) is 11.5. The molecule has 0 saturated carbocycles. The summed E-state index contributed by atoms with van der Waals surface area (Å²) in [7, 11) is 0. The van der Waals surface area contributed by atoms with Crippen molar-refractivity contribution in [3.8, 4) is 0 Å². The first kappa shape index (κ1) is 26.3. The molecule has 13 heteroatoms. The monoisotopic (exact) mass is 527 g/mol. The molecule has 0 saturated heterocycles. The molecule has 4 N–H and O–H groups in total. The average molecular weight is 527 g/mol. The van der Waals surface area contributed by atoms with Crippen LogP contribution in [0.3, 0.4) is 0 Å². The molecule has 2 aromatic heterocycles. The van der Waals surface area contributed by atoms with E-state index in [0.29, 0.717) is 16.8 Å². The van der Waals surface area contributed by atoms with Gasteiger partial charge in [0.1, 0.15) is 5.69 Å². The number of aliphatic hydroxyl groups is 1. The average Bonchev–Trinajstić information content (AvgIpc) is 3.30. The van der Waals surface area contributed by atoms with Crippen LogP contribution >= 0.6 is 0 Å². The number of carbonyl (C=O) groups excluding carboxylic acids is 2. The summed E-state index contributed by atoms with van der Waals surface area (Å²) in [6.07, 6.45) is -1.88. The van der Waals surface area contributed by atoms with Gasteiger partial charge in [-0.05, 0) is 40.1 Å². The van der Waals surface area contributed by atoms with Crippen molar-refractivity contribution in [1.29, 1.82) is 0 Å². The Balaban J connectivity index is 1.41. The third-order valence-corrected chi connectivity index (χ3v) is 5.15. The summed E-state index contributed by atoms with van der Waals surface area (Å²) in [5, 5.41) is 19.9. The third kappa shape index (κ3) is 7.36. The van der Waals surface area contributed by atoms with E-state index in [1.807, 2.05) is 0 Å². The van der Waals surface area contributed by atoms with E-state index >= 15 is 0 Å². The molecule has 38 heavy (non-hydrogen) atoms. The maximum atomic E-state index is 13.5. The minimum absolute atomic E-state index is 0.0348. The largest absolute Gasteiger partial charge is 0.416 e. The van der Waals surface area contributed by atoms with Crippen molar-refractivity contribution < 1.29 is 37.1 Å². The van der Waals surface area contributed by atoms with Crippen LogP contribution in [-0.2, 0) is 30.5 Å². The lowest BCUT2D eigenvalue weighted by molar-refractivity contribution is -0.755. The Labute approximate surface area is 214 Å². The fourth-order valence-electron chi connectivity index (χ4n) is 3.41. The molecule has 3 amide bonds.